The predicted molar refractivity (Wildman–Crippen MR) is 89.6 cm³/mol. The van der Waals surface area contributed by atoms with Crippen LogP contribution in [-0.2, 0) is 19.4 Å². The van der Waals surface area contributed by atoms with Gasteiger partial charge in [0.2, 0.25) is 5.95 Å². The fourth-order valence-corrected chi connectivity index (χ4v) is 3.66. The number of hydrogen-bond acceptors (Lipinski definition) is 5. The molecule has 0 aromatic carbocycles. The maximum atomic E-state index is 5.49. The molecule has 23 heavy (non-hydrogen) atoms. The van der Waals surface area contributed by atoms with Crippen LogP contribution in [0.2, 0.25) is 0 Å². The number of anilines is 1. The number of aromatic nitrogens is 2. The Morgan fingerprint density at radius 3 is 2.70 bits per heavy atom. The quantitative estimate of drug-likeness (QED) is 0.871. The SMILES string of the molecule is Cc1nc(N2CCCC2)nc2c1CCN(Cc1ccco1)CC2. The first-order valence-electron chi connectivity index (χ1n) is 8.66. The Morgan fingerprint density at radius 1 is 1.09 bits per heavy atom. The largest absolute Gasteiger partial charge is 0.468 e. The molecule has 0 N–H and O–H groups in total. The second-order valence-electron chi connectivity index (χ2n) is 6.58. The highest BCUT2D eigenvalue weighted by Crippen LogP contribution is 2.23. The first kappa shape index (κ1) is 14.7. The summed E-state index contributed by atoms with van der Waals surface area (Å²) < 4.78 is 5.49. The maximum absolute atomic E-state index is 5.49. The van der Waals surface area contributed by atoms with Gasteiger partial charge < -0.3 is 9.32 Å². The Labute approximate surface area is 137 Å². The second kappa shape index (κ2) is 6.32. The van der Waals surface area contributed by atoms with E-state index < -0.39 is 0 Å². The molecule has 2 aromatic rings. The summed E-state index contributed by atoms with van der Waals surface area (Å²) in [5, 5.41) is 0. The average molecular weight is 312 g/mol. The summed E-state index contributed by atoms with van der Waals surface area (Å²) in [5.74, 6) is 1.98. The number of fused-ring (bicyclic) bond motifs is 1. The highest BCUT2D eigenvalue weighted by atomic mass is 16.3. The molecule has 4 rings (SSSR count). The van der Waals surface area contributed by atoms with Crippen molar-refractivity contribution in [1.82, 2.24) is 14.9 Å². The minimum Gasteiger partial charge on any atom is -0.468 e. The Hall–Kier alpha value is -1.88. The van der Waals surface area contributed by atoms with E-state index in [0.29, 0.717) is 0 Å². The predicted octanol–water partition coefficient (Wildman–Crippen LogP) is 2.58. The summed E-state index contributed by atoms with van der Waals surface area (Å²) in [6, 6.07) is 4.01. The zero-order chi connectivity index (χ0) is 15.6. The van der Waals surface area contributed by atoms with Crippen LogP contribution in [0.5, 0.6) is 0 Å². The summed E-state index contributed by atoms with van der Waals surface area (Å²) >= 11 is 0. The third-order valence-electron chi connectivity index (χ3n) is 4.98. The number of aryl methyl sites for hydroxylation is 1. The molecule has 0 saturated carbocycles. The lowest BCUT2D eigenvalue weighted by atomic mass is 10.1. The van der Waals surface area contributed by atoms with Gasteiger partial charge in [0.15, 0.2) is 0 Å². The average Bonchev–Trinajstić information content (AvgIpc) is 3.21. The topological polar surface area (TPSA) is 45.4 Å². The molecule has 0 aliphatic carbocycles. The van der Waals surface area contributed by atoms with E-state index in [4.69, 9.17) is 14.4 Å². The van der Waals surface area contributed by atoms with E-state index in [1.165, 1.54) is 24.1 Å². The molecular formula is C18H24N4O. The molecule has 1 fully saturated rings. The highest BCUT2D eigenvalue weighted by Gasteiger charge is 2.22. The van der Waals surface area contributed by atoms with Crippen molar-refractivity contribution in [3.05, 3.63) is 41.1 Å². The fourth-order valence-electron chi connectivity index (χ4n) is 3.66. The summed E-state index contributed by atoms with van der Waals surface area (Å²) in [7, 11) is 0. The van der Waals surface area contributed by atoms with Gasteiger partial charge in [-0.2, -0.15) is 0 Å². The van der Waals surface area contributed by atoms with Crippen molar-refractivity contribution >= 4 is 5.95 Å². The lowest BCUT2D eigenvalue weighted by molar-refractivity contribution is 0.255. The van der Waals surface area contributed by atoms with Gasteiger partial charge in [0, 0.05) is 38.3 Å². The normalized spacial score (nSPS) is 18.9. The molecule has 5 nitrogen and oxygen atoms in total. The first-order valence-corrected chi connectivity index (χ1v) is 8.66. The van der Waals surface area contributed by atoms with Gasteiger partial charge in [-0.3, -0.25) is 4.90 Å². The molecule has 0 unspecified atom stereocenters. The Balaban J connectivity index is 1.52. The summed E-state index contributed by atoms with van der Waals surface area (Å²) in [5.41, 5.74) is 3.77. The molecule has 0 atom stereocenters. The van der Waals surface area contributed by atoms with Crippen molar-refractivity contribution in [3.8, 4) is 0 Å². The summed E-state index contributed by atoms with van der Waals surface area (Å²) in [4.78, 5) is 14.5. The van der Waals surface area contributed by atoms with Gasteiger partial charge in [-0.25, -0.2) is 9.97 Å². The Morgan fingerprint density at radius 2 is 1.91 bits per heavy atom. The van der Waals surface area contributed by atoms with Crippen LogP contribution in [0, 0.1) is 6.92 Å². The zero-order valence-electron chi connectivity index (χ0n) is 13.8. The van der Waals surface area contributed by atoms with Gasteiger partial charge in [-0.05, 0) is 43.9 Å². The van der Waals surface area contributed by atoms with Crippen molar-refractivity contribution in [1.29, 1.82) is 0 Å². The van der Waals surface area contributed by atoms with E-state index in [0.717, 1.165) is 63.0 Å². The molecular weight excluding hydrogens is 288 g/mol. The Kier molecular flexibility index (Phi) is 4.04. The number of nitrogens with zero attached hydrogens (tertiary/aromatic N) is 4. The molecule has 5 heteroatoms. The standard InChI is InChI=1S/C18H24N4O/c1-14-16-6-10-21(13-15-5-4-12-23-15)11-7-17(16)20-18(19-14)22-8-2-3-9-22/h4-5,12H,2-3,6-11,13H2,1H3. The van der Waals surface area contributed by atoms with Crippen LogP contribution in [0.1, 0.15) is 35.6 Å². The smallest absolute Gasteiger partial charge is 0.225 e. The third-order valence-corrected chi connectivity index (χ3v) is 4.98. The van der Waals surface area contributed by atoms with Crippen LogP contribution in [0.3, 0.4) is 0 Å². The maximum Gasteiger partial charge on any atom is 0.225 e. The number of rotatable bonds is 3. The minimum absolute atomic E-state index is 0.881. The van der Waals surface area contributed by atoms with Crippen LogP contribution < -0.4 is 4.90 Å². The van der Waals surface area contributed by atoms with Gasteiger partial charge in [-0.1, -0.05) is 0 Å². The van der Waals surface area contributed by atoms with E-state index in [-0.39, 0.29) is 0 Å². The van der Waals surface area contributed by atoms with Crippen molar-refractivity contribution in [2.24, 2.45) is 0 Å². The molecule has 122 valence electrons. The van der Waals surface area contributed by atoms with Gasteiger partial charge >= 0.3 is 0 Å². The molecule has 2 aliphatic heterocycles. The van der Waals surface area contributed by atoms with E-state index in [1.807, 2.05) is 6.07 Å². The Bertz CT molecular complexity index is 662. The molecule has 0 spiro atoms. The highest BCUT2D eigenvalue weighted by molar-refractivity contribution is 5.38. The molecule has 1 saturated heterocycles. The summed E-state index contributed by atoms with van der Waals surface area (Å²) in [6.07, 6.45) is 6.30. The molecule has 4 heterocycles. The van der Waals surface area contributed by atoms with Gasteiger partial charge in [-0.15, -0.1) is 0 Å². The monoisotopic (exact) mass is 312 g/mol. The molecule has 2 aromatic heterocycles. The van der Waals surface area contributed by atoms with Gasteiger partial charge in [0.1, 0.15) is 5.76 Å². The van der Waals surface area contributed by atoms with E-state index in [1.54, 1.807) is 6.26 Å². The second-order valence-corrected chi connectivity index (χ2v) is 6.58. The lowest BCUT2D eigenvalue weighted by Gasteiger charge is -2.18. The molecule has 0 bridgehead atoms. The van der Waals surface area contributed by atoms with Crippen LogP contribution in [0.25, 0.3) is 0 Å². The summed E-state index contributed by atoms with van der Waals surface area (Å²) in [6.45, 7) is 7.30. The lowest BCUT2D eigenvalue weighted by Crippen LogP contribution is -2.25. The fraction of sp³-hybridized carbons (Fsp3) is 0.556. The minimum atomic E-state index is 0.881. The van der Waals surface area contributed by atoms with E-state index >= 15 is 0 Å². The van der Waals surface area contributed by atoms with Gasteiger partial charge in [0.25, 0.3) is 0 Å². The van der Waals surface area contributed by atoms with Crippen LogP contribution in [-0.4, -0.2) is 41.0 Å². The molecule has 2 aliphatic rings. The first-order chi connectivity index (χ1) is 11.3. The van der Waals surface area contributed by atoms with Crippen LogP contribution in [0.15, 0.2) is 22.8 Å². The molecule has 0 radical (unpaired) electrons. The van der Waals surface area contributed by atoms with E-state index in [9.17, 15) is 0 Å². The van der Waals surface area contributed by atoms with Crippen molar-refractivity contribution in [3.63, 3.8) is 0 Å². The van der Waals surface area contributed by atoms with Gasteiger partial charge in [0.05, 0.1) is 18.5 Å². The molecule has 0 amide bonds. The van der Waals surface area contributed by atoms with Crippen molar-refractivity contribution in [2.75, 3.05) is 31.1 Å². The van der Waals surface area contributed by atoms with Crippen LogP contribution >= 0.6 is 0 Å². The third kappa shape index (κ3) is 3.11. The van der Waals surface area contributed by atoms with Crippen molar-refractivity contribution in [2.45, 2.75) is 39.2 Å². The zero-order valence-corrected chi connectivity index (χ0v) is 13.8. The van der Waals surface area contributed by atoms with E-state index in [2.05, 4.69) is 22.8 Å². The number of hydrogen-bond donors (Lipinski definition) is 0. The number of furan rings is 1. The van der Waals surface area contributed by atoms with Crippen molar-refractivity contribution < 1.29 is 4.42 Å². The van der Waals surface area contributed by atoms with Crippen LogP contribution in [0.4, 0.5) is 5.95 Å².